The first kappa shape index (κ1) is 21.8. The smallest absolute Gasteiger partial charge is 0.295 e. The van der Waals surface area contributed by atoms with E-state index in [4.69, 9.17) is 14.2 Å². The number of amides is 1. The van der Waals surface area contributed by atoms with Crippen molar-refractivity contribution in [3.8, 4) is 11.5 Å². The summed E-state index contributed by atoms with van der Waals surface area (Å²) in [5.41, 5.74) is 0.797. The van der Waals surface area contributed by atoms with Crippen LogP contribution in [-0.2, 0) is 14.3 Å². The normalized spacial score (nSPS) is 19.2. The fourth-order valence-electron chi connectivity index (χ4n) is 3.86. The van der Waals surface area contributed by atoms with Gasteiger partial charge in [0.25, 0.3) is 11.7 Å². The summed E-state index contributed by atoms with van der Waals surface area (Å²) in [7, 11) is 0. The summed E-state index contributed by atoms with van der Waals surface area (Å²) in [6, 6.07) is 9.48. The predicted molar refractivity (Wildman–Crippen MR) is 114 cm³/mol. The van der Waals surface area contributed by atoms with Gasteiger partial charge in [0.15, 0.2) is 11.5 Å². The number of nitrogens with zero attached hydrogens (tertiary/aromatic N) is 1. The number of aliphatic hydroxyl groups excluding tert-OH is 1. The Morgan fingerprint density at radius 1 is 1.16 bits per heavy atom. The molecule has 2 aliphatic rings. The minimum Gasteiger partial charge on any atom is -0.507 e. The number of carbonyl (C=O) groups is 2. The van der Waals surface area contributed by atoms with Crippen LogP contribution in [0.25, 0.3) is 5.76 Å². The summed E-state index contributed by atoms with van der Waals surface area (Å²) < 4.78 is 29.7. The molecule has 2 heterocycles. The Labute approximate surface area is 185 Å². The number of ketones is 1. The van der Waals surface area contributed by atoms with Crippen LogP contribution in [0.1, 0.15) is 37.4 Å². The molecule has 4 rings (SSSR count). The number of aliphatic hydroxyl groups is 1. The van der Waals surface area contributed by atoms with E-state index in [1.165, 1.54) is 29.2 Å². The Balaban J connectivity index is 1.73. The third-order valence-electron chi connectivity index (χ3n) is 5.37. The fraction of sp³-hybridized carbons (Fsp3) is 0.333. The molecule has 1 N–H and O–H groups in total. The van der Waals surface area contributed by atoms with E-state index in [-0.39, 0.29) is 30.8 Å². The summed E-state index contributed by atoms with van der Waals surface area (Å²) in [6.45, 7) is 4.56. The maximum absolute atomic E-state index is 13.5. The van der Waals surface area contributed by atoms with E-state index in [1.54, 1.807) is 18.2 Å². The highest BCUT2D eigenvalue weighted by Crippen LogP contribution is 2.41. The van der Waals surface area contributed by atoms with Gasteiger partial charge in [0.1, 0.15) is 11.6 Å². The van der Waals surface area contributed by atoms with E-state index >= 15 is 0 Å². The highest BCUT2D eigenvalue weighted by molar-refractivity contribution is 6.46. The molecule has 2 aliphatic heterocycles. The third kappa shape index (κ3) is 4.18. The number of rotatable bonds is 7. The van der Waals surface area contributed by atoms with Gasteiger partial charge in [-0.2, -0.15) is 0 Å². The van der Waals surface area contributed by atoms with E-state index < -0.39 is 23.5 Å². The number of benzene rings is 2. The summed E-state index contributed by atoms with van der Waals surface area (Å²) in [6.07, 6.45) is 0.553. The number of fused-ring (bicyclic) bond motifs is 1. The molecule has 2 aromatic rings. The number of ether oxygens (including phenoxy) is 3. The lowest BCUT2D eigenvalue weighted by molar-refractivity contribution is -0.140. The van der Waals surface area contributed by atoms with Gasteiger partial charge in [-0.3, -0.25) is 9.59 Å². The van der Waals surface area contributed by atoms with Gasteiger partial charge in [-0.05, 0) is 56.2 Å². The lowest BCUT2D eigenvalue weighted by atomic mass is 9.95. The summed E-state index contributed by atoms with van der Waals surface area (Å²) in [4.78, 5) is 27.3. The van der Waals surface area contributed by atoms with Crippen LogP contribution >= 0.6 is 0 Å². The first-order valence-corrected chi connectivity index (χ1v) is 10.4. The van der Waals surface area contributed by atoms with Crippen molar-refractivity contribution in [1.82, 2.24) is 4.90 Å². The van der Waals surface area contributed by atoms with Gasteiger partial charge in [0.2, 0.25) is 6.79 Å². The lowest BCUT2D eigenvalue weighted by Gasteiger charge is -2.25. The van der Waals surface area contributed by atoms with E-state index in [1.807, 2.05) is 13.8 Å². The molecule has 8 heteroatoms. The molecule has 7 nitrogen and oxygen atoms in total. The van der Waals surface area contributed by atoms with Crippen LogP contribution in [0, 0.1) is 5.82 Å². The topological polar surface area (TPSA) is 85.3 Å². The number of halogens is 1. The van der Waals surface area contributed by atoms with Crippen molar-refractivity contribution in [2.75, 3.05) is 19.9 Å². The van der Waals surface area contributed by atoms with Gasteiger partial charge in [-0.15, -0.1) is 0 Å². The minimum atomic E-state index is -0.847. The first-order chi connectivity index (χ1) is 15.4. The molecule has 0 aromatic heterocycles. The van der Waals surface area contributed by atoms with Crippen LogP contribution in [0.2, 0.25) is 0 Å². The maximum Gasteiger partial charge on any atom is 0.295 e. The zero-order valence-corrected chi connectivity index (χ0v) is 17.8. The Morgan fingerprint density at radius 2 is 1.88 bits per heavy atom. The van der Waals surface area contributed by atoms with Crippen molar-refractivity contribution in [2.24, 2.45) is 0 Å². The largest absolute Gasteiger partial charge is 0.507 e. The van der Waals surface area contributed by atoms with Crippen molar-refractivity contribution in [3.05, 3.63) is 65.0 Å². The van der Waals surface area contributed by atoms with Crippen LogP contribution in [-0.4, -0.2) is 47.7 Å². The molecule has 1 unspecified atom stereocenters. The van der Waals surface area contributed by atoms with E-state index in [0.29, 0.717) is 35.7 Å². The molecule has 1 fully saturated rings. The molecule has 32 heavy (non-hydrogen) atoms. The molecule has 1 atom stereocenters. The SMILES string of the molecule is CC(C)OCCCN1C(=O)C(=O)/C(=C(\O)c2ccc3c(c2)OCO3)C1c1ccc(F)cc1. The molecule has 0 aliphatic carbocycles. The van der Waals surface area contributed by atoms with Gasteiger partial charge < -0.3 is 24.2 Å². The third-order valence-corrected chi connectivity index (χ3v) is 5.37. The average molecular weight is 441 g/mol. The van der Waals surface area contributed by atoms with E-state index in [0.717, 1.165) is 0 Å². The number of hydrogen-bond acceptors (Lipinski definition) is 6. The second-order valence-electron chi connectivity index (χ2n) is 7.89. The van der Waals surface area contributed by atoms with E-state index in [2.05, 4.69) is 0 Å². The zero-order valence-electron chi connectivity index (χ0n) is 17.8. The van der Waals surface area contributed by atoms with Crippen LogP contribution in [0.3, 0.4) is 0 Å². The Hall–Kier alpha value is -3.39. The van der Waals surface area contributed by atoms with Gasteiger partial charge in [-0.1, -0.05) is 12.1 Å². The molecule has 0 radical (unpaired) electrons. The van der Waals surface area contributed by atoms with Gasteiger partial charge >= 0.3 is 0 Å². The number of likely N-dealkylation sites (tertiary alicyclic amines) is 1. The maximum atomic E-state index is 13.5. The Morgan fingerprint density at radius 3 is 2.59 bits per heavy atom. The molecule has 1 amide bonds. The van der Waals surface area contributed by atoms with Crippen LogP contribution < -0.4 is 9.47 Å². The lowest BCUT2D eigenvalue weighted by Crippen LogP contribution is -2.31. The summed E-state index contributed by atoms with van der Waals surface area (Å²) in [5.74, 6) is -1.30. The predicted octanol–water partition coefficient (Wildman–Crippen LogP) is 3.79. The minimum absolute atomic E-state index is 0.0457. The first-order valence-electron chi connectivity index (χ1n) is 10.4. The Kier molecular flexibility index (Phi) is 6.14. The molecular weight excluding hydrogens is 417 g/mol. The highest BCUT2D eigenvalue weighted by Gasteiger charge is 2.45. The number of carbonyl (C=O) groups excluding carboxylic acids is 2. The standard InChI is InChI=1S/C24H24FNO6/c1-14(2)30-11-3-10-26-21(15-4-7-17(25)8-5-15)20(23(28)24(26)29)22(27)16-6-9-18-19(12-16)32-13-31-18/h4-9,12,14,21,27H,3,10-11,13H2,1-2H3/b22-20-. The van der Waals surface area contributed by atoms with Crippen molar-refractivity contribution in [1.29, 1.82) is 0 Å². The van der Waals surface area contributed by atoms with Crippen molar-refractivity contribution in [2.45, 2.75) is 32.4 Å². The Bertz CT molecular complexity index is 1060. The van der Waals surface area contributed by atoms with Crippen molar-refractivity contribution < 1.29 is 33.3 Å². The van der Waals surface area contributed by atoms with Crippen molar-refractivity contribution in [3.63, 3.8) is 0 Å². The van der Waals surface area contributed by atoms with Crippen LogP contribution in [0.15, 0.2) is 48.0 Å². The highest BCUT2D eigenvalue weighted by atomic mass is 19.1. The molecule has 1 saturated heterocycles. The molecule has 0 spiro atoms. The fourth-order valence-corrected chi connectivity index (χ4v) is 3.86. The number of hydrogen-bond donors (Lipinski definition) is 1. The zero-order chi connectivity index (χ0) is 22.8. The number of Topliss-reactive ketones (excluding diaryl/α,β-unsaturated/α-hetero) is 1. The van der Waals surface area contributed by atoms with Gasteiger partial charge in [0.05, 0.1) is 17.7 Å². The van der Waals surface area contributed by atoms with Crippen LogP contribution in [0.5, 0.6) is 11.5 Å². The second kappa shape index (κ2) is 9.00. The monoisotopic (exact) mass is 441 g/mol. The van der Waals surface area contributed by atoms with Crippen molar-refractivity contribution >= 4 is 17.4 Å². The molecule has 168 valence electrons. The molecule has 0 saturated carbocycles. The van der Waals surface area contributed by atoms with E-state index in [9.17, 15) is 19.1 Å². The average Bonchev–Trinajstić information content (AvgIpc) is 3.34. The molecular formula is C24H24FNO6. The van der Waals surface area contributed by atoms with Crippen LogP contribution in [0.4, 0.5) is 4.39 Å². The quantitative estimate of drug-likeness (QED) is 0.305. The molecule has 0 bridgehead atoms. The van der Waals surface area contributed by atoms with Gasteiger partial charge in [0, 0.05) is 18.7 Å². The summed E-state index contributed by atoms with van der Waals surface area (Å²) in [5, 5.41) is 11.1. The van der Waals surface area contributed by atoms with Gasteiger partial charge in [-0.25, -0.2) is 4.39 Å². The molecule has 2 aromatic carbocycles. The summed E-state index contributed by atoms with van der Waals surface area (Å²) >= 11 is 0. The second-order valence-corrected chi connectivity index (χ2v) is 7.89.